The summed E-state index contributed by atoms with van der Waals surface area (Å²) in [5.74, 6) is 0.758. The van der Waals surface area contributed by atoms with Crippen LogP contribution in [0.4, 0.5) is 10.7 Å². The number of amides is 2. The highest BCUT2D eigenvalue weighted by molar-refractivity contribution is 5.75. The van der Waals surface area contributed by atoms with Gasteiger partial charge in [-0.25, -0.2) is 9.89 Å². The summed E-state index contributed by atoms with van der Waals surface area (Å²) in [5, 5.41) is 9.82. The third-order valence-electron chi connectivity index (χ3n) is 4.08. The lowest BCUT2D eigenvalue weighted by molar-refractivity contribution is 0.189. The normalized spacial score (nSPS) is 16.2. The lowest BCUT2D eigenvalue weighted by Crippen LogP contribution is -2.52. The highest BCUT2D eigenvalue weighted by Gasteiger charge is 2.24. The number of carbonyl (C=O) groups excluding carboxylic acids is 1. The standard InChI is InChI=1S/C15H21N7O/c1-2-13(12-3-5-16-6-4-12)19-15(23)22-9-7-21(8-10-22)14-17-11-18-20-14/h3-6,11,13H,2,7-10H2,1H3,(H,19,23)(H,17,18,20). The molecule has 0 radical (unpaired) electrons. The van der Waals surface area contributed by atoms with Crippen LogP contribution < -0.4 is 10.2 Å². The SMILES string of the molecule is CCC(NC(=O)N1CCN(c2ncn[nH]2)CC1)c1ccncc1. The largest absolute Gasteiger partial charge is 0.338 e. The highest BCUT2D eigenvalue weighted by atomic mass is 16.2. The molecule has 0 bridgehead atoms. The number of aromatic nitrogens is 4. The molecule has 3 heterocycles. The quantitative estimate of drug-likeness (QED) is 0.884. The number of nitrogens with zero attached hydrogens (tertiary/aromatic N) is 5. The molecule has 1 aliphatic heterocycles. The molecule has 2 aromatic rings. The molecule has 1 atom stereocenters. The van der Waals surface area contributed by atoms with Gasteiger partial charge >= 0.3 is 6.03 Å². The number of hydrogen-bond donors (Lipinski definition) is 2. The summed E-state index contributed by atoms with van der Waals surface area (Å²) >= 11 is 0. The van der Waals surface area contributed by atoms with Crippen molar-refractivity contribution in [2.24, 2.45) is 0 Å². The molecule has 1 unspecified atom stereocenters. The molecular formula is C15H21N7O. The van der Waals surface area contributed by atoms with Crippen LogP contribution in [-0.2, 0) is 0 Å². The molecule has 1 saturated heterocycles. The summed E-state index contributed by atoms with van der Waals surface area (Å²) in [4.78, 5) is 24.6. The van der Waals surface area contributed by atoms with Crippen LogP contribution in [0, 0.1) is 0 Å². The van der Waals surface area contributed by atoms with Crippen molar-refractivity contribution in [3.8, 4) is 0 Å². The third kappa shape index (κ3) is 3.58. The van der Waals surface area contributed by atoms with E-state index in [1.54, 1.807) is 12.4 Å². The van der Waals surface area contributed by atoms with Gasteiger partial charge in [0.2, 0.25) is 5.95 Å². The number of carbonyl (C=O) groups is 1. The number of nitrogens with one attached hydrogen (secondary N) is 2. The highest BCUT2D eigenvalue weighted by Crippen LogP contribution is 2.16. The van der Waals surface area contributed by atoms with Gasteiger partial charge in [-0.2, -0.15) is 10.1 Å². The molecule has 0 aliphatic carbocycles. The first-order chi connectivity index (χ1) is 11.3. The number of urea groups is 1. The number of aromatic amines is 1. The zero-order valence-corrected chi connectivity index (χ0v) is 13.1. The number of pyridine rings is 1. The lowest BCUT2D eigenvalue weighted by Gasteiger charge is -2.35. The summed E-state index contributed by atoms with van der Waals surface area (Å²) in [6.45, 7) is 4.88. The van der Waals surface area contributed by atoms with Crippen molar-refractivity contribution in [2.75, 3.05) is 31.1 Å². The molecule has 122 valence electrons. The van der Waals surface area contributed by atoms with Crippen molar-refractivity contribution in [1.29, 1.82) is 0 Å². The van der Waals surface area contributed by atoms with Gasteiger partial charge in [-0.1, -0.05) is 6.92 Å². The molecular weight excluding hydrogens is 294 g/mol. The van der Waals surface area contributed by atoms with Crippen LogP contribution in [0.2, 0.25) is 0 Å². The van der Waals surface area contributed by atoms with E-state index in [0.717, 1.165) is 31.0 Å². The Balaban J connectivity index is 1.55. The monoisotopic (exact) mass is 315 g/mol. The van der Waals surface area contributed by atoms with E-state index in [2.05, 4.69) is 37.3 Å². The van der Waals surface area contributed by atoms with Crippen LogP contribution in [0.1, 0.15) is 24.9 Å². The van der Waals surface area contributed by atoms with Crippen molar-refractivity contribution in [3.63, 3.8) is 0 Å². The topological polar surface area (TPSA) is 90.0 Å². The smallest absolute Gasteiger partial charge is 0.318 e. The van der Waals surface area contributed by atoms with E-state index in [9.17, 15) is 4.79 Å². The minimum atomic E-state index is -0.0223. The van der Waals surface area contributed by atoms with Crippen molar-refractivity contribution in [2.45, 2.75) is 19.4 Å². The number of H-pyrrole nitrogens is 1. The summed E-state index contributed by atoms with van der Waals surface area (Å²) in [6, 6.07) is 3.87. The first kappa shape index (κ1) is 15.3. The minimum absolute atomic E-state index is 0.0119. The predicted octanol–water partition coefficient (Wildman–Crippen LogP) is 1.18. The molecule has 0 saturated carbocycles. The van der Waals surface area contributed by atoms with Crippen LogP contribution in [0.3, 0.4) is 0 Å². The second-order valence-electron chi connectivity index (χ2n) is 5.47. The Bertz CT molecular complexity index is 608. The first-order valence-corrected chi connectivity index (χ1v) is 7.83. The predicted molar refractivity (Wildman–Crippen MR) is 86.0 cm³/mol. The fraction of sp³-hybridized carbons (Fsp3) is 0.467. The van der Waals surface area contributed by atoms with E-state index in [1.807, 2.05) is 17.0 Å². The second kappa shape index (κ2) is 7.08. The Morgan fingerprint density at radius 3 is 2.65 bits per heavy atom. The Labute approximate surface area is 134 Å². The van der Waals surface area contributed by atoms with E-state index in [0.29, 0.717) is 13.1 Å². The van der Waals surface area contributed by atoms with Crippen LogP contribution in [0.15, 0.2) is 30.9 Å². The van der Waals surface area contributed by atoms with Crippen LogP contribution >= 0.6 is 0 Å². The van der Waals surface area contributed by atoms with E-state index in [4.69, 9.17) is 0 Å². The van der Waals surface area contributed by atoms with Crippen LogP contribution in [-0.4, -0.2) is 57.3 Å². The van der Waals surface area contributed by atoms with E-state index < -0.39 is 0 Å². The van der Waals surface area contributed by atoms with E-state index in [-0.39, 0.29) is 12.1 Å². The van der Waals surface area contributed by atoms with E-state index in [1.165, 1.54) is 6.33 Å². The number of rotatable bonds is 4. The first-order valence-electron chi connectivity index (χ1n) is 7.83. The second-order valence-corrected chi connectivity index (χ2v) is 5.47. The molecule has 1 fully saturated rings. The van der Waals surface area contributed by atoms with Gasteiger partial charge in [-0.3, -0.25) is 4.98 Å². The van der Waals surface area contributed by atoms with Gasteiger partial charge in [-0.15, -0.1) is 0 Å². The zero-order valence-electron chi connectivity index (χ0n) is 13.1. The summed E-state index contributed by atoms with van der Waals surface area (Å²) < 4.78 is 0. The average molecular weight is 315 g/mol. The minimum Gasteiger partial charge on any atom is -0.338 e. The van der Waals surface area contributed by atoms with Gasteiger partial charge in [-0.05, 0) is 24.1 Å². The Hall–Kier alpha value is -2.64. The van der Waals surface area contributed by atoms with Gasteiger partial charge in [0, 0.05) is 38.6 Å². The maximum Gasteiger partial charge on any atom is 0.318 e. The number of piperazine rings is 1. The molecule has 8 nitrogen and oxygen atoms in total. The Morgan fingerprint density at radius 2 is 2.04 bits per heavy atom. The summed E-state index contributed by atoms with van der Waals surface area (Å²) in [5.41, 5.74) is 1.08. The van der Waals surface area contributed by atoms with Crippen LogP contribution in [0.5, 0.6) is 0 Å². The van der Waals surface area contributed by atoms with Crippen molar-refractivity contribution in [3.05, 3.63) is 36.4 Å². The van der Waals surface area contributed by atoms with Gasteiger partial charge in [0.05, 0.1) is 6.04 Å². The Morgan fingerprint density at radius 1 is 1.30 bits per heavy atom. The molecule has 2 aromatic heterocycles. The molecule has 0 aromatic carbocycles. The van der Waals surface area contributed by atoms with Crippen molar-refractivity contribution in [1.82, 2.24) is 30.4 Å². The van der Waals surface area contributed by atoms with E-state index >= 15 is 0 Å². The molecule has 2 N–H and O–H groups in total. The molecule has 0 spiro atoms. The fourth-order valence-corrected chi connectivity index (χ4v) is 2.73. The molecule has 8 heteroatoms. The van der Waals surface area contributed by atoms with Gasteiger partial charge in [0.15, 0.2) is 0 Å². The van der Waals surface area contributed by atoms with Crippen LogP contribution in [0.25, 0.3) is 0 Å². The fourth-order valence-electron chi connectivity index (χ4n) is 2.73. The Kier molecular flexibility index (Phi) is 4.70. The molecule has 1 aliphatic rings. The molecule has 2 amide bonds. The maximum absolute atomic E-state index is 12.5. The van der Waals surface area contributed by atoms with Gasteiger partial charge < -0.3 is 15.1 Å². The number of hydrogen-bond acceptors (Lipinski definition) is 5. The summed E-state index contributed by atoms with van der Waals surface area (Å²) in [7, 11) is 0. The van der Waals surface area contributed by atoms with Crippen molar-refractivity contribution < 1.29 is 4.79 Å². The van der Waals surface area contributed by atoms with Crippen molar-refractivity contribution >= 4 is 12.0 Å². The summed E-state index contributed by atoms with van der Waals surface area (Å²) in [6.07, 6.45) is 5.84. The maximum atomic E-state index is 12.5. The zero-order chi connectivity index (χ0) is 16.1. The third-order valence-corrected chi connectivity index (χ3v) is 4.08. The molecule has 3 rings (SSSR count). The van der Waals surface area contributed by atoms with Gasteiger partial charge in [0.25, 0.3) is 0 Å². The van der Waals surface area contributed by atoms with Gasteiger partial charge in [0.1, 0.15) is 6.33 Å². The molecule has 23 heavy (non-hydrogen) atoms. The lowest BCUT2D eigenvalue weighted by atomic mass is 10.1. The number of anilines is 1. The average Bonchev–Trinajstić information content (AvgIpc) is 3.15.